The zero-order valence-electron chi connectivity index (χ0n) is 17.0. The summed E-state index contributed by atoms with van der Waals surface area (Å²) in [5.74, 6) is 0.820. The van der Waals surface area contributed by atoms with E-state index in [0.29, 0.717) is 28.5 Å². The minimum Gasteiger partial charge on any atom is -0.496 e. The number of methoxy groups -OCH3 is 3. The maximum Gasteiger partial charge on any atom is 0.332 e. The standard InChI is InChI=1S/C21H19N5O5/c1-29-13-7-5-4-6-12(13)19-23-16(18(22)27)17-20(25-19)26(21(28)24-17)11-8-9-14(30-2)15(10-11)31-3/h4-10H,1-3H3,(H2,22,27)(H,24,28). The Balaban J connectivity index is 2.04. The Kier molecular flexibility index (Phi) is 5.04. The van der Waals surface area contributed by atoms with Crippen LogP contribution in [0.5, 0.6) is 17.2 Å². The van der Waals surface area contributed by atoms with Crippen LogP contribution in [0.25, 0.3) is 28.2 Å². The summed E-state index contributed by atoms with van der Waals surface area (Å²) < 4.78 is 17.3. The fourth-order valence-electron chi connectivity index (χ4n) is 3.32. The van der Waals surface area contributed by atoms with Crippen molar-refractivity contribution in [3.05, 3.63) is 58.6 Å². The number of rotatable bonds is 6. The zero-order chi connectivity index (χ0) is 22.1. The van der Waals surface area contributed by atoms with E-state index in [0.717, 1.165) is 0 Å². The number of nitrogens with one attached hydrogen (secondary N) is 1. The van der Waals surface area contributed by atoms with Crippen molar-refractivity contribution in [1.82, 2.24) is 19.5 Å². The highest BCUT2D eigenvalue weighted by Gasteiger charge is 2.22. The second kappa shape index (κ2) is 7.82. The SMILES string of the molecule is COc1ccc(-n2c(=O)[nH]c3c(C(N)=O)nc(-c4ccccc4OC)nc32)cc1OC. The van der Waals surface area contributed by atoms with E-state index in [1.807, 2.05) is 0 Å². The second-order valence-corrected chi connectivity index (χ2v) is 6.46. The highest BCUT2D eigenvalue weighted by molar-refractivity contribution is 6.02. The molecule has 0 atom stereocenters. The van der Waals surface area contributed by atoms with E-state index < -0.39 is 11.6 Å². The van der Waals surface area contributed by atoms with Crippen molar-refractivity contribution < 1.29 is 19.0 Å². The van der Waals surface area contributed by atoms with Gasteiger partial charge in [-0.1, -0.05) is 12.1 Å². The lowest BCUT2D eigenvalue weighted by Gasteiger charge is -2.11. The van der Waals surface area contributed by atoms with Crippen LogP contribution in [0.1, 0.15) is 10.5 Å². The molecule has 0 saturated carbocycles. The number of hydrogen-bond donors (Lipinski definition) is 2. The highest BCUT2D eigenvalue weighted by atomic mass is 16.5. The van der Waals surface area contributed by atoms with Crippen LogP contribution in [0.15, 0.2) is 47.3 Å². The van der Waals surface area contributed by atoms with E-state index in [2.05, 4.69) is 15.0 Å². The van der Waals surface area contributed by atoms with Crippen LogP contribution < -0.4 is 25.6 Å². The molecule has 10 nitrogen and oxygen atoms in total. The number of carbonyl (C=O) groups is 1. The summed E-state index contributed by atoms with van der Waals surface area (Å²) in [5, 5.41) is 0. The molecule has 1 amide bonds. The molecule has 2 aromatic carbocycles. The number of fused-ring (bicyclic) bond motifs is 1. The van der Waals surface area contributed by atoms with Gasteiger partial charge < -0.3 is 24.9 Å². The van der Waals surface area contributed by atoms with Crippen LogP contribution >= 0.6 is 0 Å². The van der Waals surface area contributed by atoms with E-state index in [-0.39, 0.29) is 22.7 Å². The third kappa shape index (κ3) is 3.33. The minimum absolute atomic E-state index is 0.109. The molecule has 0 aliphatic rings. The fraction of sp³-hybridized carbons (Fsp3) is 0.143. The molecule has 158 valence electrons. The number of aromatic amines is 1. The lowest BCUT2D eigenvalue weighted by Crippen LogP contribution is -2.15. The van der Waals surface area contributed by atoms with E-state index in [1.54, 1.807) is 42.5 Å². The van der Waals surface area contributed by atoms with Crippen LogP contribution in [0.3, 0.4) is 0 Å². The number of para-hydroxylation sites is 1. The number of ether oxygens (including phenoxy) is 3. The molecule has 0 saturated heterocycles. The smallest absolute Gasteiger partial charge is 0.332 e. The Morgan fingerprint density at radius 3 is 2.35 bits per heavy atom. The first-order valence-electron chi connectivity index (χ1n) is 9.16. The Bertz CT molecular complexity index is 1360. The molecule has 0 bridgehead atoms. The number of H-pyrrole nitrogens is 1. The summed E-state index contributed by atoms with van der Waals surface area (Å²) >= 11 is 0. The zero-order valence-corrected chi connectivity index (χ0v) is 17.0. The van der Waals surface area contributed by atoms with Crippen LogP contribution in [-0.4, -0.2) is 46.8 Å². The van der Waals surface area contributed by atoms with Gasteiger partial charge in [-0.15, -0.1) is 0 Å². The number of nitrogens with two attached hydrogens (primary N) is 1. The number of benzene rings is 2. The average Bonchev–Trinajstić information content (AvgIpc) is 3.13. The lowest BCUT2D eigenvalue weighted by molar-refractivity contribution is 0.0997. The number of amides is 1. The molecule has 0 radical (unpaired) electrons. The van der Waals surface area contributed by atoms with Crippen molar-refractivity contribution in [1.29, 1.82) is 0 Å². The normalized spacial score (nSPS) is 10.8. The first-order valence-corrected chi connectivity index (χ1v) is 9.16. The van der Waals surface area contributed by atoms with Gasteiger partial charge in [-0.2, -0.15) is 0 Å². The predicted octanol–water partition coefficient (Wildman–Crippen LogP) is 1.90. The van der Waals surface area contributed by atoms with Crippen molar-refractivity contribution in [3.63, 3.8) is 0 Å². The molecule has 0 aliphatic heterocycles. The molecule has 0 unspecified atom stereocenters. The molecule has 2 heterocycles. The third-order valence-electron chi connectivity index (χ3n) is 4.74. The molecule has 4 rings (SSSR count). The predicted molar refractivity (Wildman–Crippen MR) is 113 cm³/mol. The maximum absolute atomic E-state index is 12.8. The number of carbonyl (C=O) groups excluding carboxylic acids is 1. The fourth-order valence-corrected chi connectivity index (χ4v) is 3.32. The topological polar surface area (TPSA) is 134 Å². The second-order valence-electron chi connectivity index (χ2n) is 6.46. The van der Waals surface area contributed by atoms with Gasteiger partial charge in [-0.05, 0) is 24.3 Å². The van der Waals surface area contributed by atoms with Gasteiger partial charge in [0.15, 0.2) is 28.7 Å². The summed E-state index contributed by atoms with van der Waals surface area (Å²) in [4.78, 5) is 36.4. The number of hydrogen-bond acceptors (Lipinski definition) is 7. The van der Waals surface area contributed by atoms with Gasteiger partial charge in [0.2, 0.25) is 0 Å². The molecule has 0 fully saturated rings. The van der Waals surface area contributed by atoms with E-state index in [4.69, 9.17) is 19.9 Å². The molecule has 2 aromatic heterocycles. The highest BCUT2D eigenvalue weighted by Crippen LogP contribution is 2.31. The Morgan fingerprint density at radius 1 is 0.968 bits per heavy atom. The molecule has 10 heteroatoms. The van der Waals surface area contributed by atoms with Gasteiger partial charge in [0.1, 0.15) is 11.3 Å². The summed E-state index contributed by atoms with van der Waals surface area (Å²) in [6.45, 7) is 0. The van der Waals surface area contributed by atoms with Crippen molar-refractivity contribution in [2.75, 3.05) is 21.3 Å². The number of primary amides is 1. The van der Waals surface area contributed by atoms with Gasteiger partial charge >= 0.3 is 5.69 Å². The molecule has 4 aromatic rings. The lowest BCUT2D eigenvalue weighted by atomic mass is 10.2. The van der Waals surface area contributed by atoms with Gasteiger partial charge in [0.05, 0.1) is 32.6 Å². The van der Waals surface area contributed by atoms with Crippen LogP contribution in [-0.2, 0) is 0 Å². The van der Waals surface area contributed by atoms with E-state index in [9.17, 15) is 9.59 Å². The summed E-state index contributed by atoms with van der Waals surface area (Å²) in [6.07, 6.45) is 0. The number of nitrogens with zero attached hydrogens (tertiary/aromatic N) is 3. The quantitative estimate of drug-likeness (QED) is 0.485. The number of imidazole rings is 1. The molecule has 0 spiro atoms. The van der Waals surface area contributed by atoms with Crippen molar-refractivity contribution in [3.8, 4) is 34.3 Å². The molecule has 0 aliphatic carbocycles. The minimum atomic E-state index is -0.802. The summed E-state index contributed by atoms with van der Waals surface area (Å²) in [7, 11) is 4.52. The van der Waals surface area contributed by atoms with Gasteiger partial charge in [0, 0.05) is 6.07 Å². The van der Waals surface area contributed by atoms with E-state index >= 15 is 0 Å². The van der Waals surface area contributed by atoms with Gasteiger partial charge in [0.25, 0.3) is 5.91 Å². The molecular weight excluding hydrogens is 402 g/mol. The van der Waals surface area contributed by atoms with Crippen molar-refractivity contribution >= 4 is 17.1 Å². The van der Waals surface area contributed by atoms with E-state index in [1.165, 1.54) is 25.9 Å². The maximum atomic E-state index is 12.8. The first kappa shape index (κ1) is 20.0. The van der Waals surface area contributed by atoms with Gasteiger partial charge in [-0.25, -0.2) is 19.3 Å². The van der Waals surface area contributed by atoms with Crippen LogP contribution in [0.4, 0.5) is 0 Å². The first-order chi connectivity index (χ1) is 15.0. The third-order valence-corrected chi connectivity index (χ3v) is 4.74. The molecule has 3 N–H and O–H groups in total. The summed E-state index contributed by atoms with van der Waals surface area (Å²) in [6, 6.07) is 12.0. The Labute approximate surface area is 176 Å². The molecular formula is C21H19N5O5. The van der Waals surface area contributed by atoms with Crippen LogP contribution in [0, 0.1) is 0 Å². The monoisotopic (exact) mass is 421 g/mol. The largest absolute Gasteiger partial charge is 0.496 e. The van der Waals surface area contributed by atoms with Crippen molar-refractivity contribution in [2.24, 2.45) is 5.73 Å². The molecule has 31 heavy (non-hydrogen) atoms. The summed E-state index contributed by atoms with van der Waals surface area (Å²) in [5.41, 5.74) is 6.23. The van der Waals surface area contributed by atoms with Crippen LogP contribution in [0.2, 0.25) is 0 Å². The van der Waals surface area contributed by atoms with Crippen molar-refractivity contribution in [2.45, 2.75) is 0 Å². The average molecular weight is 421 g/mol. The number of aromatic nitrogens is 4. The van der Waals surface area contributed by atoms with Gasteiger partial charge in [-0.3, -0.25) is 4.79 Å². The Hall–Kier alpha value is -4.34. The Morgan fingerprint density at radius 2 is 1.68 bits per heavy atom.